The standard InChI is InChI=1S/C26H28Cl2N2O5S2/c1-2-34-26(31)29-24-10-7-18-6-8-19(35-12-11-30(37(32)33)25-4-3-13-36-25)16-20(18)21(24)14-17-5-9-22(27)23(28)15-17/h3-6,8-9,13,15-16,21,24H,2,7,10-12,14H2,1H3,(H,29,31)(H,32,33). The molecule has 1 amide bonds. The summed E-state index contributed by atoms with van der Waals surface area (Å²) in [5.74, 6) is 0.617. The van der Waals surface area contributed by atoms with Crippen LogP contribution in [0, 0.1) is 0 Å². The molecule has 11 heteroatoms. The Bertz CT molecular complexity index is 1240. The molecule has 0 spiro atoms. The van der Waals surface area contributed by atoms with E-state index in [1.165, 1.54) is 21.2 Å². The molecule has 0 saturated heterocycles. The fraction of sp³-hybridized carbons (Fsp3) is 0.346. The second kappa shape index (κ2) is 13.0. The Kier molecular flexibility index (Phi) is 9.72. The monoisotopic (exact) mass is 582 g/mol. The predicted octanol–water partition coefficient (Wildman–Crippen LogP) is 6.46. The number of anilines is 1. The van der Waals surface area contributed by atoms with E-state index >= 15 is 0 Å². The molecule has 198 valence electrons. The van der Waals surface area contributed by atoms with E-state index in [2.05, 4.69) is 5.32 Å². The van der Waals surface area contributed by atoms with Crippen molar-refractivity contribution >= 4 is 56.9 Å². The van der Waals surface area contributed by atoms with Gasteiger partial charge in [0.25, 0.3) is 11.3 Å². The van der Waals surface area contributed by atoms with Crippen molar-refractivity contribution in [3.05, 3.63) is 80.6 Å². The number of hydrogen-bond acceptors (Lipinski definition) is 5. The molecule has 37 heavy (non-hydrogen) atoms. The van der Waals surface area contributed by atoms with Gasteiger partial charge < -0.3 is 14.8 Å². The highest BCUT2D eigenvalue weighted by atomic mass is 35.5. The van der Waals surface area contributed by atoms with Crippen molar-refractivity contribution in [3.8, 4) is 5.75 Å². The van der Waals surface area contributed by atoms with Gasteiger partial charge in [-0.25, -0.2) is 9.00 Å². The van der Waals surface area contributed by atoms with Crippen molar-refractivity contribution in [3.63, 3.8) is 0 Å². The molecular weight excluding hydrogens is 555 g/mol. The van der Waals surface area contributed by atoms with Crippen LogP contribution in [0.3, 0.4) is 0 Å². The van der Waals surface area contributed by atoms with Crippen molar-refractivity contribution < 1.29 is 23.0 Å². The SMILES string of the molecule is CCOC(=O)NC1CCc2ccc(OCCN(c3cccs3)S(=O)O)cc2C1Cc1ccc(Cl)c(Cl)c1. The third-order valence-corrected chi connectivity index (χ3v) is 8.75. The van der Waals surface area contributed by atoms with Gasteiger partial charge in [-0.1, -0.05) is 35.3 Å². The van der Waals surface area contributed by atoms with Gasteiger partial charge >= 0.3 is 6.09 Å². The first-order chi connectivity index (χ1) is 17.9. The number of ether oxygens (including phenoxy) is 2. The summed E-state index contributed by atoms with van der Waals surface area (Å²) < 4.78 is 34.0. The Labute approximate surface area is 233 Å². The van der Waals surface area contributed by atoms with Crippen LogP contribution in [0.15, 0.2) is 53.9 Å². The number of rotatable bonds is 10. The number of hydrogen-bond donors (Lipinski definition) is 2. The molecule has 1 aliphatic carbocycles. The van der Waals surface area contributed by atoms with Crippen molar-refractivity contribution in [2.24, 2.45) is 0 Å². The molecule has 3 aromatic rings. The van der Waals surface area contributed by atoms with Crippen LogP contribution < -0.4 is 14.4 Å². The molecule has 0 fully saturated rings. The second-order valence-electron chi connectivity index (χ2n) is 8.56. The predicted molar refractivity (Wildman–Crippen MR) is 150 cm³/mol. The summed E-state index contributed by atoms with van der Waals surface area (Å²) in [5, 5.41) is 6.57. The van der Waals surface area contributed by atoms with E-state index in [0.29, 0.717) is 33.8 Å². The highest BCUT2D eigenvalue weighted by molar-refractivity contribution is 7.81. The normalized spacial score (nSPS) is 17.5. The fourth-order valence-corrected chi connectivity index (χ4v) is 6.31. The van der Waals surface area contributed by atoms with Gasteiger partial charge in [0.15, 0.2) is 0 Å². The number of alkyl carbamates (subject to hydrolysis) is 1. The van der Waals surface area contributed by atoms with E-state index in [9.17, 15) is 13.6 Å². The number of carbonyl (C=O) groups excluding carboxylic acids is 1. The van der Waals surface area contributed by atoms with Crippen molar-refractivity contribution in [2.45, 2.75) is 38.1 Å². The zero-order valence-corrected chi connectivity index (χ0v) is 23.3. The lowest BCUT2D eigenvalue weighted by Crippen LogP contribution is -2.43. The Morgan fingerprint density at radius 1 is 1.22 bits per heavy atom. The number of halogens is 2. The third kappa shape index (κ3) is 7.18. The minimum atomic E-state index is -2.15. The fourth-order valence-electron chi connectivity index (χ4n) is 4.56. The summed E-state index contributed by atoms with van der Waals surface area (Å²) in [7, 11) is 0. The highest BCUT2D eigenvalue weighted by Gasteiger charge is 2.32. The summed E-state index contributed by atoms with van der Waals surface area (Å²) in [4.78, 5) is 12.3. The number of nitrogens with zero attached hydrogens (tertiary/aromatic N) is 1. The molecule has 0 aliphatic heterocycles. The van der Waals surface area contributed by atoms with Crippen LogP contribution in [-0.4, -0.2) is 40.7 Å². The largest absolute Gasteiger partial charge is 0.492 e. The quantitative estimate of drug-likeness (QED) is 0.268. The molecule has 0 radical (unpaired) electrons. The van der Waals surface area contributed by atoms with E-state index < -0.39 is 17.4 Å². The molecule has 4 rings (SSSR count). The topological polar surface area (TPSA) is 88.1 Å². The number of fused-ring (bicyclic) bond motifs is 1. The Morgan fingerprint density at radius 2 is 2.05 bits per heavy atom. The van der Waals surface area contributed by atoms with Crippen molar-refractivity contribution in [1.82, 2.24) is 5.32 Å². The number of amides is 1. The minimum absolute atomic E-state index is 0.0403. The first kappa shape index (κ1) is 27.7. The molecule has 1 aliphatic rings. The van der Waals surface area contributed by atoms with E-state index in [-0.39, 0.29) is 25.1 Å². The molecule has 3 unspecified atom stereocenters. The number of benzene rings is 2. The zero-order chi connectivity index (χ0) is 26.4. The van der Waals surface area contributed by atoms with Crippen molar-refractivity contribution in [1.29, 1.82) is 0 Å². The van der Waals surface area contributed by atoms with Gasteiger partial charge in [-0.15, -0.1) is 11.3 Å². The molecule has 2 N–H and O–H groups in total. The van der Waals surface area contributed by atoms with E-state index in [0.717, 1.165) is 24.0 Å². The Balaban J connectivity index is 1.54. The smallest absolute Gasteiger partial charge is 0.407 e. The number of aryl methyl sites for hydroxylation is 1. The number of nitrogens with one attached hydrogen (secondary N) is 1. The van der Waals surface area contributed by atoms with Gasteiger partial charge in [0.1, 0.15) is 17.4 Å². The average Bonchev–Trinajstić information content (AvgIpc) is 3.40. The van der Waals surface area contributed by atoms with Crippen LogP contribution in [0.1, 0.15) is 36.0 Å². The van der Waals surface area contributed by atoms with Gasteiger partial charge in [0.05, 0.1) is 23.2 Å². The van der Waals surface area contributed by atoms with Crippen LogP contribution in [-0.2, 0) is 28.8 Å². The maximum atomic E-state index is 12.3. The Hall–Kier alpha value is -2.30. The Morgan fingerprint density at radius 3 is 2.76 bits per heavy atom. The number of thiophene rings is 1. The molecule has 3 atom stereocenters. The third-order valence-electron chi connectivity index (χ3n) is 6.25. The van der Waals surface area contributed by atoms with Gasteiger partial charge in [-0.05, 0) is 84.7 Å². The van der Waals surface area contributed by atoms with Crippen LogP contribution in [0.4, 0.5) is 9.80 Å². The second-order valence-corrected chi connectivity index (χ2v) is 11.2. The molecular formula is C26H28Cl2N2O5S2. The van der Waals surface area contributed by atoms with Crippen LogP contribution >= 0.6 is 34.5 Å². The van der Waals surface area contributed by atoms with Crippen molar-refractivity contribution in [2.75, 3.05) is 24.1 Å². The van der Waals surface area contributed by atoms with Crippen LogP contribution in [0.2, 0.25) is 10.0 Å². The van der Waals surface area contributed by atoms with Gasteiger partial charge in [-0.2, -0.15) is 0 Å². The molecule has 0 saturated carbocycles. The summed E-state index contributed by atoms with van der Waals surface area (Å²) >= 11 is 11.6. The minimum Gasteiger partial charge on any atom is -0.492 e. The summed E-state index contributed by atoms with van der Waals surface area (Å²) in [5.41, 5.74) is 3.28. The summed E-state index contributed by atoms with van der Waals surface area (Å²) in [6, 6.07) is 15.0. The first-order valence-electron chi connectivity index (χ1n) is 11.9. The van der Waals surface area contributed by atoms with Crippen LogP contribution in [0.25, 0.3) is 0 Å². The average molecular weight is 584 g/mol. The molecule has 0 bridgehead atoms. The zero-order valence-electron chi connectivity index (χ0n) is 20.2. The molecule has 1 aromatic heterocycles. The van der Waals surface area contributed by atoms with Gasteiger partial charge in [0, 0.05) is 12.0 Å². The first-order valence-corrected chi connectivity index (χ1v) is 14.6. The summed E-state index contributed by atoms with van der Waals surface area (Å²) in [6.45, 7) is 2.55. The molecule has 2 aromatic carbocycles. The lowest BCUT2D eigenvalue weighted by Gasteiger charge is -2.34. The van der Waals surface area contributed by atoms with E-state index in [1.54, 1.807) is 19.1 Å². The molecule has 7 nitrogen and oxygen atoms in total. The maximum Gasteiger partial charge on any atom is 0.407 e. The lowest BCUT2D eigenvalue weighted by atomic mass is 9.76. The van der Waals surface area contributed by atoms with E-state index in [1.807, 2.05) is 41.8 Å². The summed E-state index contributed by atoms with van der Waals surface area (Å²) in [6.07, 6.45) is 1.78. The molecule has 1 heterocycles. The van der Waals surface area contributed by atoms with Gasteiger partial charge in [-0.3, -0.25) is 8.86 Å². The van der Waals surface area contributed by atoms with E-state index in [4.69, 9.17) is 32.7 Å². The van der Waals surface area contributed by atoms with Crippen LogP contribution in [0.5, 0.6) is 5.75 Å². The maximum absolute atomic E-state index is 12.3. The van der Waals surface area contributed by atoms with Gasteiger partial charge in [0.2, 0.25) is 0 Å². The highest BCUT2D eigenvalue weighted by Crippen LogP contribution is 2.37. The number of carbonyl (C=O) groups is 1. The lowest BCUT2D eigenvalue weighted by molar-refractivity contribution is 0.144.